The van der Waals surface area contributed by atoms with Crippen molar-refractivity contribution >= 4 is 0 Å². The summed E-state index contributed by atoms with van der Waals surface area (Å²) in [7, 11) is 1.64. The van der Waals surface area contributed by atoms with Crippen molar-refractivity contribution < 1.29 is 9.84 Å². The third-order valence-corrected chi connectivity index (χ3v) is 3.56. The minimum absolute atomic E-state index is 0.613. The summed E-state index contributed by atoms with van der Waals surface area (Å²) in [4.78, 5) is 2.21. The lowest BCUT2D eigenvalue weighted by Gasteiger charge is -2.37. The molecule has 1 fully saturated rings. The van der Waals surface area contributed by atoms with Gasteiger partial charge in [0.25, 0.3) is 0 Å². The standard InChI is InChI=1S/C15H20N2O2/c1-15(18)6-3-7-17(11-15)10-13-8-12(9-16)4-5-14(13)19-2/h4-5,8,18H,3,6-7,10-11H2,1-2H3. The first-order valence-corrected chi connectivity index (χ1v) is 6.56. The van der Waals surface area contributed by atoms with E-state index in [0.717, 1.165) is 30.7 Å². The molecular weight excluding hydrogens is 240 g/mol. The molecule has 0 bridgehead atoms. The van der Waals surface area contributed by atoms with E-state index in [1.165, 1.54) is 0 Å². The predicted octanol–water partition coefficient (Wildman–Crippen LogP) is 1.91. The summed E-state index contributed by atoms with van der Waals surface area (Å²) in [6.45, 7) is 4.21. The highest BCUT2D eigenvalue weighted by atomic mass is 16.5. The van der Waals surface area contributed by atoms with Crippen molar-refractivity contribution in [3.05, 3.63) is 29.3 Å². The van der Waals surface area contributed by atoms with Gasteiger partial charge in [-0.05, 0) is 44.5 Å². The van der Waals surface area contributed by atoms with Crippen LogP contribution in [0.5, 0.6) is 5.75 Å². The van der Waals surface area contributed by atoms with E-state index in [1.807, 2.05) is 19.1 Å². The average Bonchev–Trinajstić information content (AvgIpc) is 2.37. The predicted molar refractivity (Wildman–Crippen MR) is 72.8 cm³/mol. The van der Waals surface area contributed by atoms with Gasteiger partial charge in [0.2, 0.25) is 0 Å². The molecule has 1 unspecified atom stereocenters. The second kappa shape index (κ2) is 5.60. The van der Waals surface area contributed by atoms with Gasteiger partial charge in [-0.25, -0.2) is 0 Å². The SMILES string of the molecule is COc1ccc(C#N)cc1CN1CCCC(C)(O)C1. The minimum Gasteiger partial charge on any atom is -0.496 e. The molecule has 0 aliphatic carbocycles. The number of benzene rings is 1. The van der Waals surface area contributed by atoms with Crippen LogP contribution in [0.3, 0.4) is 0 Å². The van der Waals surface area contributed by atoms with Crippen molar-refractivity contribution in [2.75, 3.05) is 20.2 Å². The van der Waals surface area contributed by atoms with Crippen molar-refractivity contribution in [1.82, 2.24) is 4.90 Å². The quantitative estimate of drug-likeness (QED) is 0.902. The summed E-state index contributed by atoms with van der Waals surface area (Å²) < 4.78 is 5.34. The largest absolute Gasteiger partial charge is 0.496 e. The molecule has 1 aliphatic rings. The van der Waals surface area contributed by atoms with Gasteiger partial charge in [-0.15, -0.1) is 0 Å². The first-order valence-electron chi connectivity index (χ1n) is 6.56. The lowest BCUT2D eigenvalue weighted by atomic mass is 9.94. The molecule has 19 heavy (non-hydrogen) atoms. The first kappa shape index (κ1) is 13.9. The number of piperidine rings is 1. The molecule has 2 rings (SSSR count). The Morgan fingerprint density at radius 1 is 1.53 bits per heavy atom. The molecule has 1 N–H and O–H groups in total. The van der Waals surface area contributed by atoms with E-state index >= 15 is 0 Å². The number of rotatable bonds is 3. The van der Waals surface area contributed by atoms with Crippen LogP contribution >= 0.6 is 0 Å². The Bertz CT molecular complexity index is 491. The lowest BCUT2D eigenvalue weighted by Crippen LogP contribution is -2.45. The summed E-state index contributed by atoms with van der Waals surface area (Å²) in [6, 6.07) is 7.60. The van der Waals surface area contributed by atoms with Gasteiger partial charge < -0.3 is 9.84 Å². The molecule has 1 aromatic carbocycles. The van der Waals surface area contributed by atoms with E-state index in [-0.39, 0.29) is 0 Å². The zero-order chi connectivity index (χ0) is 13.9. The van der Waals surface area contributed by atoms with Crippen molar-refractivity contribution in [3.63, 3.8) is 0 Å². The Hall–Kier alpha value is -1.57. The first-order chi connectivity index (χ1) is 9.04. The van der Waals surface area contributed by atoms with Crippen LogP contribution < -0.4 is 4.74 Å². The maximum absolute atomic E-state index is 10.1. The second-order valence-corrected chi connectivity index (χ2v) is 5.45. The number of aliphatic hydroxyl groups is 1. The van der Waals surface area contributed by atoms with E-state index in [2.05, 4.69) is 11.0 Å². The molecule has 1 heterocycles. The van der Waals surface area contributed by atoms with Crippen LogP contribution in [0.1, 0.15) is 30.9 Å². The lowest BCUT2D eigenvalue weighted by molar-refractivity contribution is -0.0183. The Balaban J connectivity index is 2.16. The van der Waals surface area contributed by atoms with Crippen molar-refractivity contribution in [3.8, 4) is 11.8 Å². The normalized spacial score (nSPS) is 23.9. The molecule has 1 aliphatic heterocycles. The van der Waals surface area contributed by atoms with Crippen LogP contribution in [0.4, 0.5) is 0 Å². The van der Waals surface area contributed by atoms with Crippen molar-refractivity contribution in [1.29, 1.82) is 5.26 Å². The number of ether oxygens (including phenoxy) is 1. The van der Waals surface area contributed by atoms with E-state index in [9.17, 15) is 5.11 Å². The molecule has 1 aromatic rings. The van der Waals surface area contributed by atoms with Crippen molar-refractivity contribution in [2.45, 2.75) is 31.9 Å². The number of methoxy groups -OCH3 is 1. The van der Waals surface area contributed by atoms with Crippen molar-refractivity contribution in [2.24, 2.45) is 0 Å². The van der Waals surface area contributed by atoms with Crippen LogP contribution in [0, 0.1) is 11.3 Å². The van der Waals surface area contributed by atoms with E-state index < -0.39 is 5.60 Å². The topological polar surface area (TPSA) is 56.5 Å². The van der Waals surface area contributed by atoms with Gasteiger partial charge in [-0.1, -0.05) is 0 Å². The highest BCUT2D eigenvalue weighted by molar-refractivity contribution is 5.42. The fourth-order valence-electron chi connectivity index (χ4n) is 2.67. The Kier molecular flexibility index (Phi) is 4.08. The van der Waals surface area contributed by atoms with Crippen LogP contribution in [-0.2, 0) is 6.54 Å². The van der Waals surface area contributed by atoms with Gasteiger partial charge in [0.05, 0.1) is 24.3 Å². The molecule has 0 amide bonds. The van der Waals surface area contributed by atoms with Crippen LogP contribution in [0.25, 0.3) is 0 Å². The average molecular weight is 260 g/mol. The van der Waals surface area contributed by atoms with Gasteiger partial charge >= 0.3 is 0 Å². The summed E-state index contributed by atoms with van der Waals surface area (Å²) in [5, 5.41) is 19.1. The van der Waals surface area contributed by atoms with Crippen LogP contribution in [-0.4, -0.2) is 35.8 Å². The van der Waals surface area contributed by atoms with Gasteiger partial charge in [-0.2, -0.15) is 5.26 Å². The summed E-state index contributed by atoms with van der Waals surface area (Å²) >= 11 is 0. The highest BCUT2D eigenvalue weighted by Gasteiger charge is 2.28. The molecule has 0 aromatic heterocycles. The van der Waals surface area contributed by atoms with E-state index in [4.69, 9.17) is 10.00 Å². The molecule has 4 heteroatoms. The van der Waals surface area contributed by atoms with E-state index in [0.29, 0.717) is 18.7 Å². The third-order valence-electron chi connectivity index (χ3n) is 3.56. The van der Waals surface area contributed by atoms with Gasteiger partial charge in [0.1, 0.15) is 5.75 Å². The summed E-state index contributed by atoms with van der Waals surface area (Å²) in [6.07, 6.45) is 1.84. The molecular formula is C15H20N2O2. The monoisotopic (exact) mass is 260 g/mol. The molecule has 1 saturated heterocycles. The number of hydrogen-bond acceptors (Lipinski definition) is 4. The number of hydrogen-bond donors (Lipinski definition) is 1. The minimum atomic E-state index is -0.613. The van der Waals surface area contributed by atoms with Crippen LogP contribution in [0.2, 0.25) is 0 Å². The molecule has 0 spiro atoms. The molecule has 102 valence electrons. The Labute approximate surface area is 114 Å². The number of nitrogens with zero attached hydrogens (tertiary/aromatic N) is 2. The maximum Gasteiger partial charge on any atom is 0.123 e. The third kappa shape index (κ3) is 3.46. The fourth-order valence-corrected chi connectivity index (χ4v) is 2.67. The number of nitriles is 1. The molecule has 0 radical (unpaired) electrons. The molecule has 4 nitrogen and oxygen atoms in total. The highest BCUT2D eigenvalue weighted by Crippen LogP contribution is 2.26. The summed E-state index contributed by atoms with van der Waals surface area (Å²) in [5.74, 6) is 0.796. The zero-order valence-electron chi connectivity index (χ0n) is 11.5. The van der Waals surface area contributed by atoms with Gasteiger partial charge in [0, 0.05) is 18.7 Å². The Morgan fingerprint density at radius 3 is 2.95 bits per heavy atom. The fraction of sp³-hybridized carbons (Fsp3) is 0.533. The number of likely N-dealkylation sites (tertiary alicyclic amines) is 1. The summed E-state index contributed by atoms with van der Waals surface area (Å²) in [5.41, 5.74) is 1.03. The maximum atomic E-state index is 10.1. The molecule has 1 atom stereocenters. The van der Waals surface area contributed by atoms with Gasteiger partial charge in [-0.3, -0.25) is 4.90 Å². The van der Waals surface area contributed by atoms with Gasteiger partial charge in [0.15, 0.2) is 0 Å². The molecule has 0 saturated carbocycles. The number of β-amino-alcohol motifs (C(OH)–C–C–N with tert-alkyl or cyclic N) is 1. The smallest absolute Gasteiger partial charge is 0.123 e. The second-order valence-electron chi connectivity index (χ2n) is 5.45. The zero-order valence-corrected chi connectivity index (χ0v) is 11.5. The Morgan fingerprint density at radius 2 is 2.32 bits per heavy atom. The van der Waals surface area contributed by atoms with E-state index in [1.54, 1.807) is 13.2 Å². The van der Waals surface area contributed by atoms with Crippen LogP contribution in [0.15, 0.2) is 18.2 Å².